The van der Waals surface area contributed by atoms with E-state index in [0.29, 0.717) is 22.4 Å². The van der Waals surface area contributed by atoms with E-state index in [0.717, 1.165) is 6.07 Å². The molecule has 2 amide bonds. The van der Waals surface area contributed by atoms with Crippen molar-refractivity contribution in [2.45, 2.75) is 32.3 Å². The van der Waals surface area contributed by atoms with Crippen LogP contribution in [0.3, 0.4) is 0 Å². The summed E-state index contributed by atoms with van der Waals surface area (Å²) in [6.07, 6.45) is -3.33. The van der Waals surface area contributed by atoms with Gasteiger partial charge in [0.2, 0.25) is 5.91 Å². The topological polar surface area (TPSA) is 71.5 Å². The minimum absolute atomic E-state index is 0.0461. The predicted octanol–water partition coefficient (Wildman–Crippen LogP) is 3.64. The van der Waals surface area contributed by atoms with E-state index in [2.05, 4.69) is 15.0 Å². The molecule has 1 aliphatic heterocycles. The molecule has 1 atom stereocenters. The first-order chi connectivity index (χ1) is 13.6. The number of aromatic nitrogens is 1. The van der Waals surface area contributed by atoms with Crippen LogP contribution in [0, 0.1) is 0 Å². The van der Waals surface area contributed by atoms with Gasteiger partial charge in [0.1, 0.15) is 5.75 Å². The van der Waals surface area contributed by atoms with Crippen LogP contribution in [0.5, 0.6) is 5.75 Å². The molecule has 2 heterocycles. The molecule has 6 nitrogen and oxygen atoms in total. The maximum absolute atomic E-state index is 12.8. The molecule has 0 bridgehead atoms. The highest BCUT2D eigenvalue weighted by molar-refractivity contribution is 6.32. The number of carbonyl (C=O) groups is 2. The number of fused-ring (bicyclic) bond motifs is 1. The first-order valence-corrected chi connectivity index (χ1v) is 9.02. The summed E-state index contributed by atoms with van der Waals surface area (Å²) in [7, 11) is 1.51. The molecule has 0 fully saturated rings. The number of nitrogens with one attached hydrogen (secondary N) is 1. The van der Waals surface area contributed by atoms with Gasteiger partial charge in [-0.1, -0.05) is 17.7 Å². The standard InChI is InChI=1S/C19H17ClF3N3O3/c1-10(11-3-4-16(14(20)7-11)29-19(21,22)23)26-9-13-12(18(26)28)5-6-25-15(13)8-17(27)24-2/h3-7,10H,8-9H2,1-2H3,(H,24,27). The monoisotopic (exact) mass is 427 g/mol. The van der Waals surface area contributed by atoms with Gasteiger partial charge in [0.05, 0.1) is 23.2 Å². The molecule has 0 radical (unpaired) electrons. The third-order valence-corrected chi connectivity index (χ3v) is 5.00. The van der Waals surface area contributed by atoms with Gasteiger partial charge in [-0.2, -0.15) is 0 Å². The Morgan fingerprint density at radius 2 is 2.10 bits per heavy atom. The van der Waals surface area contributed by atoms with Crippen molar-refractivity contribution in [3.8, 4) is 5.75 Å². The van der Waals surface area contributed by atoms with Gasteiger partial charge < -0.3 is 15.0 Å². The van der Waals surface area contributed by atoms with Crippen LogP contribution in [0.25, 0.3) is 0 Å². The van der Waals surface area contributed by atoms with Crippen LogP contribution in [0.2, 0.25) is 5.02 Å². The zero-order valence-corrected chi connectivity index (χ0v) is 16.3. The summed E-state index contributed by atoms with van der Waals surface area (Å²) in [5, 5.41) is 2.31. The molecule has 1 aromatic carbocycles. The fourth-order valence-electron chi connectivity index (χ4n) is 3.18. The Labute approximate surface area is 169 Å². The van der Waals surface area contributed by atoms with Gasteiger partial charge in [0.25, 0.3) is 5.91 Å². The maximum atomic E-state index is 12.8. The van der Waals surface area contributed by atoms with Crippen molar-refractivity contribution in [2.75, 3.05) is 7.05 Å². The normalized spacial score (nSPS) is 14.6. The fraction of sp³-hybridized carbons (Fsp3) is 0.316. The molecule has 1 aromatic heterocycles. The summed E-state index contributed by atoms with van der Waals surface area (Å²) in [5.74, 6) is -0.986. The molecule has 3 rings (SSSR count). The number of nitrogens with zero attached hydrogens (tertiary/aromatic N) is 2. The van der Waals surface area contributed by atoms with Gasteiger partial charge in [-0.25, -0.2) is 0 Å². The molecule has 0 spiro atoms. The lowest BCUT2D eigenvalue weighted by Gasteiger charge is -2.25. The molecule has 29 heavy (non-hydrogen) atoms. The van der Waals surface area contributed by atoms with Crippen LogP contribution in [0.1, 0.15) is 40.1 Å². The lowest BCUT2D eigenvalue weighted by atomic mass is 10.1. The first-order valence-electron chi connectivity index (χ1n) is 8.64. The van der Waals surface area contributed by atoms with Crippen LogP contribution >= 0.6 is 11.6 Å². The van der Waals surface area contributed by atoms with E-state index >= 15 is 0 Å². The van der Waals surface area contributed by atoms with Gasteiger partial charge in [0.15, 0.2) is 0 Å². The molecule has 154 valence electrons. The number of alkyl halides is 3. The van der Waals surface area contributed by atoms with E-state index in [9.17, 15) is 22.8 Å². The number of rotatable bonds is 5. The second-order valence-electron chi connectivity index (χ2n) is 6.48. The smallest absolute Gasteiger partial charge is 0.404 e. The fourth-order valence-corrected chi connectivity index (χ4v) is 3.41. The van der Waals surface area contributed by atoms with Crippen LogP contribution in [-0.2, 0) is 17.8 Å². The zero-order chi connectivity index (χ0) is 21.3. The quantitative estimate of drug-likeness (QED) is 0.790. The van der Waals surface area contributed by atoms with Gasteiger partial charge in [-0.15, -0.1) is 13.2 Å². The van der Waals surface area contributed by atoms with Crippen molar-refractivity contribution < 1.29 is 27.5 Å². The number of carbonyl (C=O) groups excluding carboxylic acids is 2. The molecule has 2 aromatic rings. The SMILES string of the molecule is CNC(=O)Cc1nccc2c1CN(C(C)c1ccc(OC(F)(F)F)c(Cl)c1)C2=O. The van der Waals surface area contributed by atoms with E-state index in [-0.39, 0.29) is 29.8 Å². The van der Waals surface area contributed by atoms with Crippen molar-refractivity contribution in [3.63, 3.8) is 0 Å². The number of pyridine rings is 1. The summed E-state index contributed by atoms with van der Waals surface area (Å²) >= 11 is 5.93. The molecule has 10 heteroatoms. The number of likely N-dealkylation sites (N-methyl/N-ethyl adjacent to an activating group) is 1. The number of amides is 2. The van der Waals surface area contributed by atoms with Crippen molar-refractivity contribution in [1.82, 2.24) is 15.2 Å². The summed E-state index contributed by atoms with van der Waals surface area (Å²) in [5.41, 5.74) is 2.17. The van der Waals surface area contributed by atoms with Crippen molar-refractivity contribution in [2.24, 2.45) is 0 Å². The van der Waals surface area contributed by atoms with Crippen molar-refractivity contribution in [3.05, 3.63) is 57.9 Å². The third kappa shape index (κ3) is 4.45. The number of benzene rings is 1. The second-order valence-corrected chi connectivity index (χ2v) is 6.89. The van der Waals surface area contributed by atoms with Crippen molar-refractivity contribution >= 4 is 23.4 Å². The Hall–Kier alpha value is -2.81. The van der Waals surface area contributed by atoms with E-state index in [4.69, 9.17) is 11.6 Å². The molecule has 0 aliphatic carbocycles. The average Bonchev–Trinajstić information content (AvgIpc) is 2.99. The van der Waals surface area contributed by atoms with E-state index in [1.807, 2.05) is 0 Å². The summed E-state index contributed by atoms with van der Waals surface area (Å²) in [4.78, 5) is 30.3. The Kier molecular flexibility index (Phi) is 5.70. The Morgan fingerprint density at radius 1 is 1.38 bits per heavy atom. The van der Waals surface area contributed by atoms with Crippen LogP contribution in [0.15, 0.2) is 30.5 Å². The Bertz CT molecular complexity index is 965. The highest BCUT2D eigenvalue weighted by Gasteiger charge is 2.35. The summed E-state index contributed by atoms with van der Waals surface area (Å²) < 4.78 is 41.1. The Balaban J connectivity index is 1.84. The minimum Gasteiger partial charge on any atom is -0.404 e. The lowest BCUT2D eigenvalue weighted by Crippen LogP contribution is -2.27. The molecule has 0 saturated carbocycles. The maximum Gasteiger partial charge on any atom is 0.573 e. The van der Waals surface area contributed by atoms with E-state index in [1.165, 1.54) is 25.4 Å². The third-order valence-electron chi connectivity index (χ3n) is 4.70. The van der Waals surface area contributed by atoms with E-state index < -0.39 is 18.2 Å². The Morgan fingerprint density at radius 3 is 2.72 bits per heavy atom. The molecule has 0 saturated heterocycles. The minimum atomic E-state index is -4.85. The molecule has 1 N–H and O–H groups in total. The van der Waals surface area contributed by atoms with E-state index in [1.54, 1.807) is 17.9 Å². The number of ether oxygens (including phenoxy) is 1. The predicted molar refractivity (Wildman–Crippen MR) is 98.4 cm³/mol. The number of hydrogen-bond acceptors (Lipinski definition) is 4. The second kappa shape index (κ2) is 7.90. The number of hydrogen-bond donors (Lipinski definition) is 1. The highest BCUT2D eigenvalue weighted by Crippen LogP contribution is 2.36. The molecule has 1 unspecified atom stereocenters. The molecular weight excluding hydrogens is 411 g/mol. The molecule has 1 aliphatic rings. The summed E-state index contributed by atoms with van der Waals surface area (Å²) in [6, 6.07) is 5.00. The zero-order valence-electron chi connectivity index (χ0n) is 15.5. The first kappa shape index (κ1) is 20.9. The van der Waals surface area contributed by atoms with Gasteiger partial charge in [-0.3, -0.25) is 14.6 Å². The summed E-state index contributed by atoms with van der Waals surface area (Å²) in [6.45, 7) is 1.97. The average molecular weight is 428 g/mol. The number of halogens is 4. The van der Waals surface area contributed by atoms with Crippen molar-refractivity contribution in [1.29, 1.82) is 0 Å². The van der Waals surface area contributed by atoms with Gasteiger partial charge in [-0.05, 0) is 30.7 Å². The highest BCUT2D eigenvalue weighted by atomic mass is 35.5. The van der Waals surface area contributed by atoms with Crippen LogP contribution in [0.4, 0.5) is 13.2 Å². The van der Waals surface area contributed by atoms with Crippen LogP contribution < -0.4 is 10.1 Å². The van der Waals surface area contributed by atoms with Gasteiger partial charge in [0, 0.05) is 30.9 Å². The molecular formula is C19H17ClF3N3O3. The largest absolute Gasteiger partial charge is 0.573 e. The van der Waals surface area contributed by atoms with Gasteiger partial charge >= 0.3 is 6.36 Å². The van der Waals surface area contributed by atoms with Crippen LogP contribution in [-0.4, -0.2) is 35.1 Å². The lowest BCUT2D eigenvalue weighted by molar-refractivity contribution is -0.274.